The van der Waals surface area contributed by atoms with Crippen molar-refractivity contribution in [2.24, 2.45) is 0 Å². The lowest BCUT2D eigenvalue weighted by Gasteiger charge is -2.17. The maximum atomic E-state index is 12.1. The Labute approximate surface area is 148 Å². The molecule has 1 aliphatic carbocycles. The number of nitrogens with one attached hydrogen (secondary N) is 2. The van der Waals surface area contributed by atoms with Gasteiger partial charge in [-0.3, -0.25) is 9.59 Å². The van der Waals surface area contributed by atoms with Gasteiger partial charge < -0.3 is 10.2 Å². The Balaban J connectivity index is 0.00000208. The SMILES string of the molecule is Cl.O=C(Cc1n[nH]c(=O)c2c1CCCC2)NCCCN1CCCC1. The second kappa shape index (κ2) is 9.18. The minimum absolute atomic E-state index is 0. The van der Waals surface area contributed by atoms with E-state index in [0.29, 0.717) is 6.54 Å². The number of hydrogen-bond donors (Lipinski definition) is 2. The number of H-pyrrole nitrogens is 1. The summed E-state index contributed by atoms with van der Waals surface area (Å²) in [6, 6.07) is 0. The quantitative estimate of drug-likeness (QED) is 0.753. The van der Waals surface area contributed by atoms with Crippen LogP contribution in [0.25, 0.3) is 0 Å². The average molecular weight is 355 g/mol. The largest absolute Gasteiger partial charge is 0.356 e. The smallest absolute Gasteiger partial charge is 0.267 e. The van der Waals surface area contributed by atoms with Crippen molar-refractivity contribution >= 4 is 18.3 Å². The zero-order chi connectivity index (χ0) is 16.1. The van der Waals surface area contributed by atoms with Gasteiger partial charge in [0.05, 0.1) is 12.1 Å². The Morgan fingerprint density at radius 1 is 1.12 bits per heavy atom. The van der Waals surface area contributed by atoms with E-state index in [1.807, 2.05) is 0 Å². The number of hydrogen-bond acceptors (Lipinski definition) is 4. The first kappa shape index (κ1) is 18.9. The van der Waals surface area contributed by atoms with Crippen molar-refractivity contribution in [2.75, 3.05) is 26.2 Å². The number of carbonyl (C=O) groups is 1. The molecule has 0 bridgehead atoms. The van der Waals surface area contributed by atoms with Crippen LogP contribution in [0.15, 0.2) is 4.79 Å². The average Bonchev–Trinajstić information content (AvgIpc) is 3.08. The highest BCUT2D eigenvalue weighted by molar-refractivity contribution is 5.85. The third kappa shape index (κ3) is 4.80. The van der Waals surface area contributed by atoms with Gasteiger partial charge in [0.15, 0.2) is 0 Å². The van der Waals surface area contributed by atoms with Crippen molar-refractivity contribution in [3.8, 4) is 0 Å². The van der Waals surface area contributed by atoms with E-state index in [2.05, 4.69) is 20.4 Å². The Hall–Kier alpha value is -1.40. The fourth-order valence-corrected chi connectivity index (χ4v) is 3.63. The lowest BCUT2D eigenvalue weighted by molar-refractivity contribution is -0.120. The Bertz CT molecular complexity index is 611. The summed E-state index contributed by atoms with van der Waals surface area (Å²) in [5, 5.41) is 9.64. The van der Waals surface area contributed by atoms with Crippen LogP contribution in [0.5, 0.6) is 0 Å². The zero-order valence-corrected chi connectivity index (χ0v) is 14.9. The molecule has 0 spiro atoms. The summed E-state index contributed by atoms with van der Waals surface area (Å²) >= 11 is 0. The number of likely N-dealkylation sites (tertiary alicyclic amines) is 1. The third-order valence-corrected chi connectivity index (χ3v) is 4.88. The van der Waals surface area contributed by atoms with Gasteiger partial charge in [0, 0.05) is 12.1 Å². The van der Waals surface area contributed by atoms with E-state index in [0.717, 1.165) is 55.5 Å². The number of nitrogens with zero attached hydrogens (tertiary/aromatic N) is 2. The summed E-state index contributed by atoms with van der Waals surface area (Å²) in [4.78, 5) is 26.4. The summed E-state index contributed by atoms with van der Waals surface area (Å²) in [6.07, 6.45) is 7.64. The van der Waals surface area contributed by atoms with Crippen molar-refractivity contribution in [2.45, 2.75) is 51.4 Å². The van der Waals surface area contributed by atoms with E-state index in [1.54, 1.807) is 0 Å². The summed E-state index contributed by atoms with van der Waals surface area (Å²) in [6.45, 7) is 4.16. The number of halogens is 1. The summed E-state index contributed by atoms with van der Waals surface area (Å²) < 4.78 is 0. The molecule has 0 atom stereocenters. The molecular formula is C17H27ClN4O2. The van der Waals surface area contributed by atoms with E-state index < -0.39 is 0 Å². The fourth-order valence-electron chi connectivity index (χ4n) is 3.63. The van der Waals surface area contributed by atoms with E-state index >= 15 is 0 Å². The lowest BCUT2D eigenvalue weighted by Crippen LogP contribution is -2.31. The molecule has 0 unspecified atom stereocenters. The molecule has 3 rings (SSSR count). The third-order valence-electron chi connectivity index (χ3n) is 4.88. The topological polar surface area (TPSA) is 78.1 Å². The molecule has 0 saturated carbocycles. The first-order valence-electron chi connectivity index (χ1n) is 8.82. The van der Waals surface area contributed by atoms with Crippen LogP contribution in [0.1, 0.15) is 48.9 Å². The lowest BCUT2D eigenvalue weighted by atomic mass is 9.91. The van der Waals surface area contributed by atoms with Crippen molar-refractivity contribution in [1.82, 2.24) is 20.4 Å². The van der Waals surface area contributed by atoms with Crippen molar-refractivity contribution in [3.05, 3.63) is 27.2 Å². The second-order valence-electron chi connectivity index (χ2n) is 6.59. The van der Waals surface area contributed by atoms with Crippen molar-refractivity contribution in [1.29, 1.82) is 0 Å². The van der Waals surface area contributed by atoms with Crippen LogP contribution in [0.4, 0.5) is 0 Å². The highest BCUT2D eigenvalue weighted by Gasteiger charge is 2.19. The molecule has 1 fully saturated rings. The number of amides is 1. The van der Waals surface area contributed by atoms with Gasteiger partial charge in [-0.1, -0.05) is 0 Å². The number of rotatable bonds is 6. The number of fused-ring (bicyclic) bond motifs is 1. The molecule has 24 heavy (non-hydrogen) atoms. The highest BCUT2D eigenvalue weighted by atomic mass is 35.5. The highest BCUT2D eigenvalue weighted by Crippen LogP contribution is 2.20. The monoisotopic (exact) mass is 354 g/mol. The molecule has 1 aromatic heterocycles. The Kier molecular flexibility index (Phi) is 7.24. The zero-order valence-electron chi connectivity index (χ0n) is 14.1. The molecule has 1 saturated heterocycles. The van der Waals surface area contributed by atoms with Crippen LogP contribution in [-0.2, 0) is 24.1 Å². The van der Waals surface area contributed by atoms with E-state index in [-0.39, 0.29) is 30.3 Å². The van der Waals surface area contributed by atoms with Gasteiger partial charge in [-0.2, -0.15) is 5.10 Å². The van der Waals surface area contributed by atoms with E-state index in [4.69, 9.17) is 0 Å². The first-order valence-corrected chi connectivity index (χ1v) is 8.82. The van der Waals surface area contributed by atoms with Crippen molar-refractivity contribution < 1.29 is 4.79 Å². The molecule has 1 aromatic rings. The van der Waals surface area contributed by atoms with Crippen LogP contribution >= 0.6 is 12.4 Å². The molecule has 0 aromatic carbocycles. The van der Waals surface area contributed by atoms with Gasteiger partial charge in [-0.15, -0.1) is 12.4 Å². The first-order chi connectivity index (χ1) is 11.2. The second-order valence-corrected chi connectivity index (χ2v) is 6.59. The van der Waals surface area contributed by atoms with Gasteiger partial charge >= 0.3 is 0 Å². The van der Waals surface area contributed by atoms with E-state index in [9.17, 15) is 9.59 Å². The van der Waals surface area contributed by atoms with Crippen molar-refractivity contribution in [3.63, 3.8) is 0 Å². The molecule has 6 nitrogen and oxygen atoms in total. The molecule has 7 heteroatoms. The molecule has 2 heterocycles. The maximum absolute atomic E-state index is 12.1. The normalized spacial score (nSPS) is 17.2. The molecule has 1 aliphatic heterocycles. The molecule has 2 aliphatic rings. The predicted octanol–water partition coefficient (Wildman–Crippen LogP) is 1.22. The summed E-state index contributed by atoms with van der Waals surface area (Å²) in [5.74, 6) is -0.00116. The minimum atomic E-state index is -0.0885. The van der Waals surface area contributed by atoms with Crippen LogP contribution in [-0.4, -0.2) is 47.2 Å². The summed E-state index contributed by atoms with van der Waals surface area (Å²) in [7, 11) is 0. The maximum Gasteiger partial charge on any atom is 0.267 e. The molecule has 0 radical (unpaired) electrons. The van der Waals surface area contributed by atoms with Gasteiger partial charge in [-0.25, -0.2) is 5.10 Å². The summed E-state index contributed by atoms with van der Waals surface area (Å²) in [5.41, 5.74) is 2.50. The number of carbonyl (C=O) groups excluding carboxylic acids is 1. The van der Waals surface area contributed by atoms with Crippen LogP contribution in [0, 0.1) is 0 Å². The van der Waals surface area contributed by atoms with Gasteiger partial charge in [0.2, 0.25) is 5.91 Å². The molecule has 2 N–H and O–H groups in total. The van der Waals surface area contributed by atoms with Gasteiger partial charge in [0.25, 0.3) is 5.56 Å². The molecule has 134 valence electrons. The molecule has 1 amide bonds. The van der Waals surface area contributed by atoms with Gasteiger partial charge in [0.1, 0.15) is 0 Å². The van der Waals surface area contributed by atoms with Crippen LogP contribution in [0.2, 0.25) is 0 Å². The minimum Gasteiger partial charge on any atom is -0.356 e. The Morgan fingerprint density at radius 3 is 2.58 bits per heavy atom. The Morgan fingerprint density at radius 2 is 1.83 bits per heavy atom. The van der Waals surface area contributed by atoms with Crippen LogP contribution < -0.4 is 10.9 Å². The number of aromatic nitrogens is 2. The number of aromatic amines is 1. The fraction of sp³-hybridized carbons (Fsp3) is 0.706. The predicted molar refractivity (Wildman–Crippen MR) is 95.8 cm³/mol. The molecular weight excluding hydrogens is 328 g/mol. The van der Waals surface area contributed by atoms with E-state index in [1.165, 1.54) is 25.9 Å². The van der Waals surface area contributed by atoms with Gasteiger partial charge in [-0.05, 0) is 70.1 Å². The van der Waals surface area contributed by atoms with Crippen LogP contribution in [0.3, 0.4) is 0 Å². The standard InChI is InChI=1S/C17H26N4O2.ClH/c22-16(18-8-5-11-21-9-3-4-10-21)12-15-13-6-1-2-7-14(13)17(23)20-19-15;/h1-12H2,(H,18,22)(H,20,23);1H.